The van der Waals surface area contributed by atoms with E-state index in [9.17, 15) is 24.8 Å². The molecule has 38 heavy (non-hydrogen) atoms. The molecule has 0 amide bonds. The Morgan fingerprint density at radius 1 is 1.13 bits per heavy atom. The van der Waals surface area contributed by atoms with E-state index < -0.39 is 34.3 Å². The van der Waals surface area contributed by atoms with Crippen molar-refractivity contribution in [2.45, 2.75) is 31.3 Å². The zero-order valence-corrected chi connectivity index (χ0v) is 21.3. The number of nitro benzene ring substituents is 1. The lowest BCUT2D eigenvalue weighted by Gasteiger charge is -2.43. The van der Waals surface area contributed by atoms with Crippen LogP contribution in [-0.2, 0) is 25.5 Å². The average molecular weight is 521 g/mol. The van der Waals surface area contributed by atoms with E-state index in [2.05, 4.69) is 18.5 Å². The van der Waals surface area contributed by atoms with Gasteiger partial charge in [0, 0.05) is 36.7 Å². The molecule has 9 nitrogen and oxygen atoms in total. The number of ether oxygens (including phenoxy) is 2. The molecule has 0 saturated carbocycles. The van der Waals surface area contributed by atoms with Crippen molar-refractivity contribution in [2.75, 3.05) is 19.8 Å². The molecule has 2 aromatic rings. The van der Waals surface area contributed by atoms with Crippen molar-refractivity contribution in [3.05, 3.63) is 112 Å². The number of nitrogens with zero attached hydrogens (tertiary/aromatic N) is 1. The van der Waals surface area contributed by atoms with Crippen LogP contribution >= 0.6 is 0 Å². The molecule has 2 aromatic carbocycles. The van der Waals surface area contributed by atoms with Crippen molar-refractivity contribution >= 4 is 17.6 Å². The number of non-ortho nitro benzene ring substituents is 1. The fourth-order valence-corrected chi connectivity index (χ4v) is 4.71. The van der Waals surface area contributed by atoms with Crippen LogP contribution in [0.5, 0.6) is 0 Å². The van der Waals surface area contributed by atoms with Crippen LogP contribution in [0.2, 0.25) is 0 Å². The smallest absolute Gasteiger partial charge is 0.336 e. The Morgan fingerprint density at radius 2 is 1.82 bits per heavy atom. The first-order chi connectivity index (χ1) is 18.2. The van der Waals surface area contributed by atoms with Crippen LogP contribution in [0.4, 0.5) is 5.69 Å². The first-order valence-electron chi connectivity index (χ1n) is 12.2. The molecule has 0 spiro atoms. The fourth-order valence-electron chi connectivity index (χ4n) is 4.71. The monoisotopic (exact) mass is 520 g/mol. The summed E-state index contributed by atoms with van der Waals surface area (Å²) in [5, 5.41) is 26.4. The van der Waals surface area contributed by atoms with E-state index in [-0.39, 0.29) is 30.9 Å². The Bertz CT molecular complexity index is 1220. The first-order valence-corrected chi connectivity index (χ1v) is 12.2. The molecule has 0 heterocycles. The van der Waals surface area contributed by atoms with Crippen LogP contribution < -0.4 is 5.32 Å². The minimum atomic E-state index is -1.66. The predicted molar refractivity (Wildman–Crippen MR) is 142 cm³/mol. The van der Waals surface area contributed by atoms with Crippen LogP contribution in [0, 0.1) is 16.0 Å². The molecule has 0 radical (unpaired) electrons. The number of hydrogen-bond donors (Lipinski definition) is 2. The molecule has 0 saturated heterocycles. The maximum absolute atomic E-state index is 13.4. The van der Waals surface area contributed by atoms with Gasteiger partial charge in [-0.15, -0.1) is 0 Å². The summed E-state index contributed by atoms with van der Waals surface area (Å²) in [6.45, 7) is 8.87. The predicted octanol–water partition coefficient (Wildman–Crippen LogP) is 3.99. The molecule has 0 unspecified atom stereocenters. The van der Waals surface area contributed by atoms with Gasteiger partial charge in [0.25, 0.3) is 5.69 Å². The lowest BCUT2D eigenvalue weighted by Crippen LogP contribution is -2.50. The van der Waals surface area contributed by atoms with Crippen LogP contribution in [0.15, 0.2) is 91.2 Å². The van der Waals surface area contributed by atoms with Crippen molar-refractivity contribution in [1.29, 1.82) is 0 Å². The lowest BCUT2D eigenvalue weighted by molar-refractivity contribution is -0.384. The number of hydrogen-bond acceptors (Lipinski definition) is 8. The van der Waals surface area contributed by atoms with Crippen LogP contribution in [-0.4, -0.2) is 47.3 Å². The molecular formula is C29H32N2O7. The van der Waals surface area contributed by atoms with Crippen molar-refractivity contribution in [2.24, 2.45) is 5.92 Å². The van der Waals surface area contributed by atoms with Gasteiger partial charge in [-0.3, -0.25) is 14.9 Å². The molecule has 3 atom stereocenters. The molecule has 0 aliphatic heterocycles. The summed E-state index contributed by atoms with van der Waals surface area (Å²) < 4.78 is 10.7. The summed E-state index contributed by atoms with van der Waals surface area (Å²) >= 11 is 0. The molecule has 9 heteroatoms. The molecule has 0 aromatic heterocycles. The minimum absolute atomic E-state index is 0.0698. The molecule has 0 fully saturated rings. The molecule has 0 bridgehead atoms. The normalized spacial score (nSPS) is 20.8. The summed E-state index contributed by atoms with van der Waals surface area (Å²) in [5.74, 6) is -3.83. The summed E-state index contributed by atoms with van der Waals surface area (Å²) in [5.41, 5.74) is -0.0158. The maximum atomic E-state index is 13.4. The van der Waals surface area contributed by atoms with Crippen LogP contribution in [0.25, 0.3) is 0 Å². The third-order valence-electron chi connectivity index (χ3n) is 6.36. The quantitative estimate of drug-likeness (QED) is 0.186. The van der Waals surface area contributed by atoms with E-state index in [1.807, 2.05) is 30.3 Å². The molecule has 1 aliphatic rings. The molecule has 1 aliphatic carbocycles. The Labute approximate surface area is 221 Å². The van der Waals surface area contributed by atoms with Gasteiger partial charge in [-0.1, -0.05) is 67.8 Å². The second kappa shape index (κ2) is 12.8. The SMILES string of the molecule is C=CCOC(=O)C1=C(NCCc2ccccc2)C[C@](C)(O)[C@@H](C(=O)OCC=C)[C@@H]1c1cccc([N+](=O)[O-])c1. The standard InChI is InChI=1S/C29H32N2O7/c1-4-16-37-27(32)25-23(30-15-14-20-10-7-6-8-11-20)19-29(3,34)26(28(33)38-17-5-2)24(25)21-12-9-13-22(18-21)31(35)36/h4-13,18,24,26,30,34H,1-2,14-17,19H2,3H3/t24-,26-,29+/m1/s1. The largest absolute Gasteiger partial charge is 0.461 e. The maximum Gasteiger partial charge on any atom is 0.336 e. The van der Waals surface area contributed by atoms with Gasteiger partial charge in [0.05, 0.1) is 22.0 Å². The second-order valence-corrected chi connectivity index (χ2v) is 9.20. The van der Waals surface area contributed by atoms with Gasteiger partial charge >= 0.3 is 11.9 Å². The van der Waals surface area contributed by atoms with Crippen LogP contribution in [0.1, 0.15) is 30.4 Å². The highest BCUT2D eigenvalue weighted by Crippen LogP contribution is 2.47. The van der Waals surface area contributed by atoms with Gasteiger partial charge in [-0.2, -0.15) is 0 Å². The number of nitrogens with one attached hydrogen (secondary N) is 1. The Hall–Kier alpha value is -4.24. The fraction of sp³-hybridized carbons (Fsp3) is 0.310. The zero-order chi connectivity index (χ0) is 27.7. The second-order valence-electron chi connectivity index (χ2n) is 9.20. The highest BCUT2D eigenvalue weighted by atomic mass is 16.6. The van der Waals surface area contributed by atoms with E-state index in [4.69, 9.17) is 9.47 Å². The molecular weight excluding hydrogens is 488 g/mol. The average Bonchev–Trinajstić information content (AvgIpc) is 2.90. The summed E-state index contributed by atoms with van der Waals surface area (Å²) in [7, 11) is 0. The van der Waals surface area contributed by atoms with Gasteiger partial charge in [0.15, 0.2) is 0 Å². The molecule has 3 rings (SSSR count). The van der Waals surface area contributed by atoms with Gasteiger partial charge in [-0.05, 0) is 24.5 Å². The van der Waals surface area contributed by atoms with Gasteiger partial charge in [-0.25, -0.2) is 4.79 Å². The first kappa shape index (κ1) is 28.3. The summed E-state index contributed by atoms with van der Waals surface area (Å²) in [6, 6.07) is 15.4. The topological polar surface area (TPSA) is 128 Å². The Balaban J connectivity index is 2.15. The molecule has 2 N–H and O–H groups in total. The number of rotatable bonds is 12. The Morgan fingerprint density at radius 3 is 2.47 bits per heavy atom. The third-order valence-corrected chi connectivity index (χ3v) is 6.36. The van der Waals surface area contributed by atoms with Gasteiger partial charge in [0.1, 0.15) is 13.2 Å². The third kappa shape index (κ3) is 6.74. The van der Waals surface area contributed by atoms with Gasteiger partial charge < -0.3 is 19.9 Å². The summed E-state index contributed by atoms with van der Waals surface area (Å²) in [6.07, 6.45) is 3.37. The van der Waals surface area contributed by atoms with Gasteiger partial charge in [0.2, 0.25) is 0 Å². The van der Waals surface area contributed by atoms with Crippen molar-refractivity contribution in [1.82, 2.24) is 5.32 Å². The number of nitro groups is 1. The van der Waals surface area contributed by atoms with E-state index in [1.54, 1.807) is 6.07 Å². The van der Waals surface area contributed by atoms with E-state index >= 15 is 0 Å². The van der Waals surface area contributed by atoms with E-state index in [0.717, 1.165) is 5.56 Å². The minimum Gasteiger partial charge on any atom is -0.461 e. The molecule has 200 valence electrons. The Kier molecular flexibility index (Phi) is 9.56. The lowest BCUT2D eigenvalue weighted by atomic mass is 9.65. The van der Waals surface area contributed by atoms with Crippen molar-refractivity contribution < 1.29 is 29.1 Å². The number of carbonyl (C=O) groups excluding carboxylic acids is 2. The van der Waals surface area contributed by atoms with Crippen LogP contribution in [0.3, 0.4) is 0 Å². The van der Waals surface area contributed by atoms with E-state index in [1.165, 1.54) is 37.3 Å². The van der Waals surface area contributed by atoms with Crippen molar-refractivity contribution in [3.8, 4) is 0 Å². The summed E-state index contributed by atoms with van der Waals surface area (Å²) in [4.78, 5) is 37.7. The number of carbonyl (C=O) groups is 2. The van der Waals surface area contributed by atoms with E-state index in [0.29, 0.717) is 24.2 Å². The number of benzene rings is 2. The highest BCUT2D eigenvalue weighted by Gasteiger charge is 2.52. The zero-order valence-electron chi connectivity index (χ0n) is 21.3. The number of esters is 2. The highest BCUT2D eigenvalue weighted by molar-refractivity contribution is 5.94. The number of aliphatic hydroxyl groups is 1. The van der Waals surface area contributed by atoms with Crippen molar-refractivity contribution in [3.63, 3.8) is 0 Å².